The van der Waals surface area contributed by atoms with Gasteiger partial charge in [-0.3, -0.25) is 0 Å². The third-order valence-corrected chi connectivity index (χ3v) is 4.93. The molecule has 0 aliphatic rings. The fourth-order valence-electron chi connectivity index (χ4n) is 3.21. The van der Waals surface area contributed by atoms with Crippen molar-refractivity contribution in [1.82, 2.24) is 5.32 Å². The van der Waals surface area contributed by atoms with Gasteiger partial charge < -0.3 is 20.3 Å². The van der Waals surface area contributed by atoms with E-state index in [0.29, 0.717) is 12.2 Å². The Hall–Kier alpha value is -3.31. The van der Waals surface area contributed by atoms with E-state index in [-0.39, 0.29) is 17.4 Å². The molecule has 0 radical (unpaired) electrons. The summed E-state index contributed by atoms with van der Waals surface area (Å²) in [6.07, 6.45) is 2.05. The first-order chi connectivity index (χ1) is 14.5. The van der Waals surface area contributed by atoms with Crippen LogP contribution >= 0.6 is 0 Å². The summed E-state index contributed by atoms with van der Waals surface area (Å²) in [5, 5.41) is 22.2. The molecule has 3 aromatic carbocycles. The van der Waals surface area contributed by atoms with Crippen LogP contribution in [0.5, 0.6) is 17.2 Å². The largest absolute Gasteiger partial charge is 0.508 e. The summed E-state index contributed by atoms with van der Waals surface area (Å²) in [7, 11) is 1.88. The Bertz CT molecular complexity index is 998. The number of hydrogen-bond donors (Lipinski definition) is 3. The number of rotatable bonds is 8. The van der Waals surface area contributed by atoms with E-state index in [0.717, 1.165) is 29.0 Å². The first kappa shape index (κ1) is 21.4. The summed E-state index contributed by atoms with van der Waals surface area (Å²) in [5.74, 6) is -0.124. The molecule has 0 saturated carbocycles. The topological polar surface area (TPSA) is 61.7 Å². The van der Waals surface area contributed by atoms with E-state index in [2.05, 4.69) is 11.4 Å². The third kappa shape index (κ3) is 5.39. The van der Waals surface area contributed by atoms with Crippen molar-refractivity contribution < 1.29 is 19.3 Å². The van der Waals surface area contributed by atoms with Gasteiger partial charge in [-0.15, -0.1) is 0 Å². The van der Waals surface area contributed by atoms with Gasteiger partial charge in [-0.1, -0.05) is 36.4 Å². The van der Waals surface area contributed by atoms with Crippen LogP contribution in [0.4, 0.5) is 4.39 Å². The molecule has 1 unspecified atom stereocenters. The van der Waals surface area contributed by atoms with Gasteiger partial charge in [0.05, 0.1) is 0 Å². The number of halogens is 1. The average Bonchev–Trinajstić information content (AvgIpc) is 2.75. The number of phenols is 2. The van der Waals surface area contributed by atoms with Crippen LogP contribution in [-0.4, -0.2) is 30.4 Å². The number of nitrogens with one attached hydrogen (secondary N) is 1. The summed E-state index contributed by atoms with van der Waals surface area (Å²) in [6, 6.07) is 19.3. The number of hydrogen-bond acceptors (Lipinski definition) is 4. The van der Waals surface area contributed by atoms with Crippen molar-refractivity contribution in [1.29, 1.82) is 0 Å². The van der Waals surface area contributed by atoms with Crippen molar-refractivity contribution in [2.24, 2.45) is 0 Å². The fraction of sp³-hybridized carbons (Fsp3) is 0.200. The highest BCUT2D eigenvalue weighted by atomic mass is 19.1. The number of allylic oxidation sites excluding steroid dienone is 2. The predicted octanol–water partition coefficient (Wildman–Crippen LogP) is 5.07. The molecule has 0 amide bonds. The number of ether oxygens (including phenoxy) is 1. The molecule has 4 nitrogen and oxygen atoms in total. The lowest BCUT2D eigenvalue weighted by Gasteiger charge is -2.17. The van der Waals surface area contributed by atoms with Crippen LogP contribution < -0.4 is 10.1 Å². The first-order valence-corrected chi connectivity index (χ1v) is 9.81. The maximum atomic E-state index is 13.8. The van der Waals surface area contributed by atoms with Gasteiger partial charge in [-0.2, -0.15) is 0 Å². The van der Waals surface area contributed by atoms with E-state index in [9.17, 15) is 14.6 Å². The molecule has 0 saturated heterocycles. The minimum atomic E-state index is -0.649. The third-order valence-electron chi connectivity index (χ3n) is 4.93. The van der Waals surface area contributed by atoms with Crippen molar-refractivity contribution in [2.75, 3.05) is 20.2 Å². The summed E-state index contributed by atoms with van der Waals surface area (Å²) in [6.45, 7) is 3.26. The van der Waals surface area contributed by atoms with Crippen molar-refractivity contribution in [2.45, 2.75) is 12.8 Å². The van der Waals surface area contributed by atoms with E-state index >= 15 is 0 Å². The Balaban J connectivity index is 1.94. The molecule has 30 heavy (non-hydrogen) atoms. The summed E-state index contributed by atoms with van der Waals surface area (Å²) in [5.41, 5.74) is 3.61. The molecule has 0 spiro atoms. The number of aromatic hydroxyl groups is 2. The molecule has 156 valence electrons. The fourth-order valence-corrected chi connectivity index (χ4v) is 3.21. The monoisotopic (exact) mass is 407 g/mol. The first-order valence-electron chi connectivity index (χ1n) is 9.81. The van der Waals surface area contributed by atoms with Gasteiger partial charge in [-0.25, -0.2) is 4.39 Å². The van der Waals surface area contributed by atoms with Crippen LogP contribution in [0.3, 0.4) is 0 Å². The van der Waals surface area contributed by atoms with Gasteiger partial charge in [0.2, 0.25) is 0 Å². The summed E-state index contributed by atoms with van der Waals surface area (Å²) >= 11 is 0. The van der Waals surface area contributed by atoms with Crippen LogP contribution in [0.25, 0.3) is 5.57 Å². The molecule has 3 rings (SSSR count). The van der Waals surface area contributed by atoms with Crippen molar-refractivity contribution in [3.05, 3.63) is 95.3 Å². The molecule has 0 aliphatic heterocycles. The maximum Gasteiger partial charge on any atom is 0.165 e. The van der Waals surface area contributed by atoms with Crippen LogP contribution in [0.1, 0.15) is 29.5 Å². The lowest BCUT2D eigenvalue weighted by atomic mass is 9.88. The van der Waals surface area contributed by atoms with E-state index < -0.39 is 5.82 Å². The van der Waals surface area contributed by atoms with Crippen LogP contribution in [0.2, 0.25) is 0 Å². The highest BCUT2D eigenvalue weighted by Gasteiger charge is 2.14. The van der Waals surface area contributed by atoms with Crippen molar-refractivity contribution in [3.8, 4) is 17.2 Å². The Morgan fingerprint density at radius 3 is 2.23 bits per heavy atom. The second-order valence-corrected chi connectivity index (χ2v) is 7.11. The van der Waals surface area contributed by atoms with Gasteiger partial charge in [0.25, 0.3) is 0 Å². The molecule has 0 aliphatic carbocycles. The molecule has 0 bridgehead atoms. The smallest absolute Gasteiger partial charge is 0.165 e. The standard InChI is InChI=1S/C25H26FNO3/c1-17(20-7-12-25(29)24(26)16-20)15-23(18-3-8-21(28)9-4-18)19-5-10-22(11-6-19)30-14-13-27-2/h3-12,15-16,23,27-29H,13-14H2,1-2H3/b17-15+. The zero-order chi connectivity index (χ0) is 21.5. The Labute approximate surface area is 176 Å². The molecule has 0 aromatic heterocycles. The number of phenolic OH excluding ortho intramolecular Hbond substituents is 2. The quantitative estimate of drug-likeness (QED) is 0.456. The van der Waals surface area contributed by atoms with Crippen LogP contribution in [0.15, 0.2) is 72.8 Å². The van der Waals surface area contributed by atoms with E-state index in [1.165, 1.54) is 12.1 Å². The van der Waals surface area contributed by atoms with Crippen molar-refractivity contribution >= 4 is 5.57 Å². The molecule has 1 atom stereocenters. The molecule has 3 N–H and O–H groups in total. The Morgan fingerprint density at radius 2 is 1.63 bits per heavy atom. The molecular weight excluding hydrogens is 381 g/mol. The highest BCUT2D eigenvalue weighted by Crippen LogP contribution is 2.32. The van der Waals surface area contributed by atoms with Gasteiger partial charge >= 0.3 is 0 Å². The SMILES string of the molecule is CNCCOc1ccc(C(/C=C(\C)c2ccc(O)c(F)c2)c2ccc(O)cc2)cc1. The minimum absolute atomic E-state index is 0.103. The molecule has 0 fully saturated rings. The van der Waals surface area contributed by atoms with E-state index in [1.807, 2.05) is 50.4 Å². The predicted molar refractivity (Wildman–Crippen MR) is 118 cm³/mol. The Kier molecular flexibility index (Phi) is 7.09. The summed E-state index contributed by atoms with van der Waals surface area (Å²) < 4.78 is 19.5. The van der Waals surface area contributed by atoms with Crippen LogP contribution in [0, 0.1) is 5.82 Å². The second kappa shape index (κ2) is 9.94. The average molecular weight is 407 g/mol. The van der Waals surface area contributed by atoms with E-state index in [1.54, 1.807) is 18.2 Å². The Morgan fingerprint density at radius 1 is 1.00 bits per heavy atom. The van der Waals surface area contributed by atoms with Gasteiger partial charge in [0.15, 0.2) is 11.6 Å². The normalized spacial score (nSPS) is 12.6. The number of likely N-dealkylation sites (N-methyl/N-ethyl adjacent to an activating group) is 1. The maximum absolute atomic E-state index is 13.8. The van der Waals surface area contributed by atoms with Crippen LogP contribution in [-0.2, 0) is 0 Å². The highest BCUT2D eigenvalue weighted by molar-refractivity contribution is 5.66. The van der Waals surface area contributed by atoms with Crippen molar-refractivity contribution in [3.63, 3.8) is 0 Å². The second-order valence-electron chi connectivity index (χ2n) is 7.11. The van der Waals surface area contributed by atoms with Gasteiger partial charge in [0, 0.05) is 12.5 Å². The number of benzene rings is 3. The van der Waals surface area contributed by atoms with Gasteiger partial charge in [0.1, 0.15) is 18.1 Å². The molecule has 3 aromatic rings. The zero-order valence-electron chi connectivity index (χ0n) is 17.1. The lowest BCUT2D eigenvalue weighted by Crippen LogP contribution is -2.15. The zero-order valence-corrected chi connectivity index (χ0v) is 17.1. The lowest BCUT2D eigenvalue weighted by molar-refractivity contribution is 0.318. The molecule has 0 heterocycles. The van der Waals surface area contributed by atoms with E-state index in [4.69, 9.17) is 4.74 Å². The van der Waals surface area contributed by atoms with Gasteiger partial charge in [-0.05, 0) is 72.6 Å². The minimum Gasteiger partial charge on any atom is -0.508 e. The molecular formula is C25H26FNO3. The molecule has 5 heteroatoms. The summed E-state index contributed by atoms with van der Waals surface area (Å²) in [4.78, 5) is 0.